The minimum absolute atomic E-state index is 0.0216. The Morgan fingerprint density at radius 1 is 0.406 bits per heavy atom. The fourth-order valence-electron chi connectivity index (χ4n) is 6.89. The van der Waals surface area contributed by atoms with Gasteiger partial charge in [0.15, 0.2) is 0 Å². The first-order chi connectivity index (χ1) is 30.1. The summed E-state index contributed by atoms with van der Waals surface area (Å²) in [5.74, 6) is 4.54. The van der Waals surface area contributed by atoms with Gasteiger partial charge in [0.2, 0.25) is 0 Å². The maximum absolute atomic E-state index is 6.56. The highest BCUT2D eigenvalue weighted by atomic mass is 31.2. The molecule has 0 saturated heterocycles. The van der Waals surface area contributed by atoms with Gasteiger partial charge in [-0.2, -0.15) is 0 Å². The number of hydrogen-bond acceptors (Lipinski definition) is 8. The van der Waals surface area contributed by atoms with Crippen molar-refractivity contribution in [3.8, 4) is 23.0 Å². The summed E-state index contributed by atoms with van der Waals surface area (Å²) in [6.07, 6.45) is 2.90. The van der Waals surface area contributed by atoms with Crippen molar-refractivity contribution < 1.29 is 36.6 Å². The van der Waals surface area contributed by atoms with Crippen molar-refractivity contribution in [3.63, 3.8) is 0 Å². The number of hydrogen-bond donors (Lipinski definition) is 0. The van der Waals surface area contributed by atoms with Gasteiger partial charge in [-0.1, -0.05) is 152 Å². The van der Waals surface area contributed by atoms with E-state index in [9.17, 15) is 0 Å². The normalized spacial score (nSPS) is 13.4. The number of ether oxygens (including phenoxy) is 2. The monoisotopic (exact) mass is 919 g/mol. The number of rotatable bonds is 25. The van der Waals surface area contributed by atoms with Gasteiger partial charge >= 0.3 is 17.2 Å². The van der Waals surface area contributed by atoms with Crippen molar-refractivity contribution in [2.75, 3.05) is 39.6 Å². The second kappa shape index (κ2) is 25.1. The quantitative estimate of drug-likeness (QED) is 0.0481. The zero-order valence-electron chi connectivity index (χ0n) is 41.8. The first-order valence-electron chi connectivity index (χ1n) is 23.3. The van der Waals surface area contributed by atoms with Crippen molar-refractivity contribution in [2.24, 2.45) is 17.8 Å². The van der Waals surface area contributed by atoms with Crippen LogP contribution in [0.3, 0.4) is 0 Å². The molecule has 354 valence electrons. The van der Waals surface area contributed by atoms with Crippen LogP contribution in [0.25, 0.3) is 0 Å². The number of benzene rings is 4. The molecule has 2 unspecified atom stereocenters. The molecule has 0 fully saturated rings. The Hall–Kier alpha value is -3.22. The second-order valence-electron chi connectivity index (χ2n) is 21.1. The minimum atomic E-state index is -1.78. The lowest BCUT2D eigenvalue weighted by atomic mass is 9.84. The lowest BCUT2D eigenvalue weighted by Crippen LogP contribution is -2.15. The van der Waals surface area contributed by atoms with Crippen LogP contribution in [0.4, 0.5) is 0 Å². The Kier molecular flexibility index (Phi) is 20.9. The third-order valence-electron chi connectivity index (χ3n) is 10.3. The van der Waals surface area contributed by atoms with Crippen LogP contribution >= 0.6 is 17.2 Å². The molecule has 4 aromatic carbocycles. The first kappa shape index (κ1) is 53.4. The Bertz CT molecular complexity index is 1960. The predicted octanol–water partition coefficient (Wildman–Crippen LogP) is 15.3. The summed E-state index contributed by atoms with van der Waals surface area (Å²) >= 11 is 0. The Labute approximate surface area is 390 Å². The van der Waals surface area contributed by atoms with Crippen LogP contribution in [0.5, 0.6) is 23.0 Å². The molecule has 0 amide bonds. The molecule has 0 heterocycles. The topological polar surface area (TPSA) is 73.8 Å². The first-order valence-corrected chi connectivity index (χ1v) is 25.5. The molecule has 0 aromatic heterocycles. The average molecular weight is 919 g/mol. The van der Waals surface area contributed by atoms with Gasteiger partial charge in [-0.3, -0.25) is 9.05 Å². The molecule has 0 aliphatic rings. The summed E-state index contributed by atoms with van der Waals surface area (Å²) in [6.45, 7) is 35.4. The predicted molar refractivity (Wildman–Crippen MR) is 267 cm³/mol. The van der Waals surface area contributed by atoms with Crippen molar-refractivity contribution in [1.29, 1.82) is 0 Å². The maximum atomic E-state index is 6.56. The molecule has 0 saturated carbocycles. The molecule has 8 nitrogen and oxygen atoms in total. The summed E-state index contributed by atoms with van der Waals surface area (Å²) in [4.78, 5) is 0. The zero-order valence-corrected chi connectivity index (χ0v) is 43.6. The van der Waals surface area contributed by atoms with E-state index in [4.69, 9.17) is 36.6 Å². The molecule has 64 heavy (non-hydrogen) atoms. The van der Waals surface area contributed by atoms with Gasteiger partial charge < -0.3 is 27.6 Å². The van der Waals surface area contributed by atoms with Crippen LogP contribution in [-0.4, -0.2) is 39.6 Å². The van der Waals surface area contributed by atoms with Crippen molar-refractivity contribution in [2.45, 2.75) is 139 Å². The molecule has 0 aliphatic carbocycles. The smallest absolute Gasteiger partial charge is 0.418 e. The molecule has 0 aliphatic heterocycles. The van der Waals surface area contributed by atoms with Gasteiger partial charge in [-0.15, -0.1) is 0 Å². The zero-order chi connectivity index (χ0) is 47.1. The highest BCUT2D eigenvalue weighted by molar-refractivity contribution is 7.42. The largest absolute Gasteiger partial charge is 0.463 e. The lowest BCUT2D eigenvalue weighted by Gasteiger charge is -2.26. The lowest BCUT2D eigenvalue weighted by molar-refractivity contribution is 0.0258. The van der Waals surface area contributed by atoms with E-state index in [2.05, 4.69) is 165 Å². The minimum Gasteiger partial charge on any atom is -0.418 e. The van der Waals surface area contributed by atoms with E-state index in [0.717, 1.165) is 41.9 Å². The molecule has 10 heteroatoms. The van der Waals surface area contributed by atoms with E-state index in [-0.39, 0.29) is 16.2 Å². The third kappa shape index (κ3) is 18.9. The fraction of sp³-hybridized carbons (Fsp3) is 0.556. The van der Waals surface area contributed by atoms with Gasteiger partial charge in [-0.05, 0) is 117 Å². The highest BCUT2D eigenvalue weighted by Gasteiger charge is 2.26. The molecule has 2 atom stereocenters. The van der Waals surface area contributed by atoms with Crippen LogP contribution in [-0.2, 0) is 54.0 Å². The van der Waals surface area contributed by atoms with E-state index in [0.29, 0.717) is 68.9 Å². The summed E-state index contributed by atoms with van der Waals surface area (Å²) in [5, 5.41) is 0. The van der Waals surface area contributed by atoms with Crippen molar-refractivity contribution in [1.82, 2.24) is 0 Å². The van der Waals surface area contributed by atoms with Crippen LogP contribution in [0.1, 0.15) is 137 Å². The van der Waals surface area contributed by atoms with E-state index in [1.165, 1.54) is 22.3 Å². The van der Waals surface area contributed by atoms with Crippen molar-refractivity contribution in [3.05, 3.63) is 118 Å². The van der Waals surface area contributed by atoms with Gasteiger partial charge in [0.1, 0.15) is 23.0 Å². The van der Waals surface area contributed by atoms with Gasteiger partial charge in [0.25, 0.3) is 0 Å². The molecule has 0 bridgehead atoms. The Morgan fingerprint density at radius 3 is 1.31 bits per heavy atom. The molecule has 0 spiro atoms. The average Bonchev–Trinajstić information content (AvgIpc) is 3.19. The molecule has 4 aromatic rings. The summed E-state index contributed by atoms with van der Waals surface area (Å²) in [6, 6.07) is 29.3. The van der Waals surface area contributed by atoms with Crippen LogP contribution < -0.4 is 18.1 Å². The third-order valence-corrected chi connectivity index (χ3v) is 12.5. The standard InChI is InChI=1S/C54H80O8P2/c1-39(2)34-42-16-22-47(23-17-42)59-64(62-51-26-18-43(35-40(3)4)37-49(51)54(13,14)15)58-33-31-56-29-28-55-30-32-57-63(60-48-24-19-45(20-25-48)52(7,8)9)61-50-27-21-46(53(10,11)12)38-44(50)36-41(5)6/h16-27,37-41H,28-36H2,1-15H3. The van der Waals surface area contributed by atoms with E-state index in [1.807, 2.05) is 24.3 Å². The maximum Gasteiger partial charge on any atom is 0.463 e. The van der Waals surface area contributed by atoms with Gasteiger partial charge in [0.05, 0.1) is 39.6 Å². The summed E-state index contributed by atoms with van der Waals surface area (Å²) < 4.78 is 50.2. The summed E-state index contributed by atoms with van der Waals surface area (Å²) in [5.41, 5.74) is 7.26. The van der Waals surface area contributed by atoms with E-state index < -0.39 is 17.2 Å². The Balaban J connectivity index is 1.33. The molecular weight excluding hydrogens is 839 g/mol. The van der Waals surface area contributed by atoms with E-state index >= 15 is 0 Å². The molecule has 4 rings (SSSR count). The van der Waals surface area contributed by atoms with Crippen LogP contribution in [0, 0.1) is 17.8 Å². The van der Waals surface area contributed by atoms with Crippen LogP contribution in [0.15, 0.2) is 84.9 Å². The molecule has 0 radical (unpaired) electrons. The SMILES string of the molecule is CC(C)Cc1ccc(OP(OCCOCCOCCOP(Oc2ccc(C(C)(C)C)cc2)Oc2ccc(C(C)(C)C)cc2CC(C)C)Oc2ccc(CC(C)C)cc2C(C)(C)C)cc1. The van der Waals surface area contributed by atoms with E-state index in [1.54, 1.807) is 0 Å². The second-order valence-corrected chi connectivity index (χ2v) is 23.2. The van der Waals surface area contributed by atoms with Gasteiger partial charge in [-0.25, -0.2) is 0 Å². The fourth-order valence-corrected chi connectivity index (χ4v) is 8.87. The van der Waals surface area contributed by atoms with Crippen molar-refractivity contribution >= 4 is 17.2 Å². The summed E-state index contributed by atoms with van der Waals surface area (Å²) in [7, 11) is -3.55. The van der Waals surface area contributed by atoms with Gasteiger partial charge in [0, 0.05) is 5.56 Å². The van der Waals surface area contributed by atoms with Crippen LogP contribution in [0.2, 0.25) is 0 Å². The molecule has 0 N–H and O–H groups in total. The molecular formula is C54H80O8P2. The Morgan fingerprint density at radius 2 is 0.828 bits per heavy atom. The highest BCUT2D eigenvalue weighted by Crippen LogP contribution is 2.46.